The van der Waals surface area contributed by atoms with Crippen LogP contribution in [0.5, 0.6) is 11.5 Å². The van der Waals surface area contributed by atoms with E-state index in [1.165, 1.54) is 37.2 Å². The van der Waals surface area contributed by atoms with Gasteiger partial charge in [0.1, 0.15) is 23.0 Å². The Morgan fingerprint density at radius 2 is 1.89 bits per heavy atom. The van der Waals surface area contributed by atoms with Crippen molar-refractivity contribution in [2.75, 3.05) is 19.5 Å². The van der Waals surface area contributed by atoms with E-state index in [2.05, 4.69) is 10.4 Å². The predicted octanol–water partition coefficient (Wildman–Crippen LogP) is 4.24. The van der Waals surface area contributed by atoms with E-state index < -0.39 is 11.7 Å². The summed E-state index contributed by atoms with van der Waals surface area (Å²) < 4.78 is 25.8. The fraction of sp³-hybridized carbons (Fsp3) is 0.158. The molecule has 0 spiro atoms. The van der Waals surface area contributed by atoms with E-state index in [0.717, 1.165) is 0 Å². The van der Waals surface area contributed by atoms with Crippen molar-refractivity contribution in [2.45, 2.75) is 6.92 Å². The van der Waals surface area contributed by atoms with Crippen molar-refractivity contribution in [3.8, 4) is 17.2 Å². The maximum absolute atomic E-state index is 14.0. The van der Waals surface area contributed by atoms with Gasteiger partial charge in [-0.2, -0.15) is 5.10 Å². The van der Waals surface area contributed by atoms with Gasteiger partial charge < -0.3 is 14.8 Å². The van der Waals surface area contributed by atoms with Gasteiger partial charge in [-0.3, -0.25) is 4.79 Å². The molecule has 2 aromatic carbocycles. The average Bonchev–Trinajstić information content (AvgIpc) is 3.03. The molecule has 0 saturated heterocycles. The molecule has 1 N–H and O–H groups in total. The Labute approximate surface area is 160 Å². The minimum atomic E-state index is -0.431. The maximum Gasteiger partial charge on any atom is 0.259 e. The lowest BCUT2D eigenvalue weighted by atomic mass is 10.2. The van der Waals surface area contributed by atoms with Gasteiger partial charge in [-0.25, -0.2) is 9.07 Å². The Morgan fingerprint density at radius 3 is 2.56 bits per heavy atom. The predicted molar refractivity (Wildman–Crippen MR) is 101 cm³/mol. The number of hydrogen-bond acceptors (Lipinski definition) is 4. The standard InChI is InChI=1S/C19H17ClFN3O3/c1-11-12(10-22-24(11)16-7-5-4-6-14(16)21)19(25)23-15-8-13(20)17(26-2)9-18(15)27-3/h4-10H,1-3H3,(H,23,25). The molecule has 1 heterocycles. The van der Waals surface area contributed by atoms with Crippen LogP contribution in [0, 0.1) is 12.7 Å². The number of ether oxygens (including phenoxy) is 2. The number of benzene rings is 2. The van der Waals surface area contributed by atoms with E-state index >= 15 is 0 Å². The molecule has 0 aliphatic heterocycles. The van der Waals surface area contributed by atoms with Crippen molar-refractivity contribution in [1.29, 1.82) is 0 Å². The van der Waals surface area contributed by atoms with Crippen LogP contribution in [0.25, 0.3) is 5.69 Å². The number of rotatable bonds is 5. The third-order valence-corrected chi connectivity index (χ3v) is 4.35. The van der Waals surface area contributed by atoms with Crippen LogP contribution in [0.2, 0.25) is 5.02 Å². The lowest BCUT2D eigenvalue weighted by molar-refractivity contribution is 0.102. The number of aromatic nitrogens is 2. The van der Waals surface area contributed by atoms with Crippen LogP contribution in [0.1, 0.15) is 16.1 Å². The Hall–Kier alpha value is -3.06. The van der Waals surface area contributed by atoms with Crippen molar-refractivity contribution in [2.24, 2.45) is 0 Å². The number of carbonyl (C=O) groups is 1. The molecule has 1 amide bonds. The highest BCUT2D eigenvalue weighted by molar-refractivity contribution is 6.32. The molecule has 140 valence electrons. The van der Waals surface area contributed by atoms with Crippen LogP contribution in [-0.2, 0) is 0 Å². The zero-order valence-corrected chi connectivity index (χ0v) is 15.7. The van der Waals surface area contributed by atoms with E-state index in [1.54, 1.807) is 31.2 Å². The van der Waals surface area contributed by atoms with E-state index in [1.807, 2.05) is 0 Å². The number of methoxy groups -OCH3 is 2. The van der Waals surface area contributed by atoms with Gasteiger partial charge in [-0.15, -0.1) is 0 Å². The van der Waals surface area contributed by atoms with Crippen molar-refractivity contribution in [3.05, 3.63) is 64.7 Å². The molecule has 0 aliphatic carbocycles. The lowest BCUT2D eigenvalue weighted by Gasteiger charge is -2.13. The van der Waals surface area contributed by atoms with Gasteiger partial charge in [0.15, 0.2) is 0 Å². The van der Waals surface area contributed by atoms with Gasteiger partial charge in [0.25, 0.3) is 5.91 Å². The van der Waals surface area contributed by atoms with Crippen molar-refractivity contribution in [3.63, 3.8) is 0 Å². The van der Waals surface area contributed by atoms with Gasteiger partial charge in [-0.05, 0) is 25.1 Å². The number of anilines is 1. The minimum absolute atomic E-state index is 0.263. The number of hydrogen-bond donors (Lipinski definition) is 1. The van der Waals surface area contributed by atoms with Crippen molar-refractivity contribution < 1.29 is 18.7 Å². The zero-order valence-electron chi connectivity index (χ0n) is 14.9. The van der Waals surface area contributed by atoms with Gasteiger partial charge in [0, 0.05) is 6.07 Å². The Kier molecular flexibility index (Phi) is 5.32. The normalized spacial score (nSPS) is 10.6. The number of nitrogens with zero attached hydrogens (tertiary/aromatic N) is 2. The van der Waals surface area contributed by atoms with Crippen LogP contribution in [-0.4, -0.2) is 29.9 Å². The molecule has 0 bridgehead atoms. The summed E-state index contributed by atoms with van der Waals surface area (Å²) in [6.07, 6.45) is 1.38. The molecule has 27 heavy (non-hydrogen) atoms. The summed E-state index contributed by atoms with van der Waals surface area (Å²) in [6, 6.07) is 9.32. The first kappa shape index (κ1) is 18.7. The smallest absolute Gasteiger partial charge is 0.259 e. The number of halogens is 2. The number of para-hydroxylation sites is 1. The van der Waals surface area contributed by atoms with E-state index in [4.69, 9.17) is 21.1 Å². The maximum atomic E-state index is 14.0. The minimum Gasteiger partial charge on any atom is -0.495 e. The van der Waals surface area contributed by atoms with Crippen LogP contribution < -0.4 is 14.8 Å². The summed E-state index contributed by atoms with van der Waals surface area (Å²) in [5.74, 6) is -0.0345. The summed E-state index contributed by atoms with van der Waals surface area (Å²) >= 11 is 6.13. The summed E-state index contributed by atoms with van der Waals surface area (Å²) in [5, 5.41) is 7.20. The number of carbonyl (C=O) groups excluding carboxylic acids is 1. The van der Waals surface area contributed by atoms with E-state index in [9.17, 15) is 9.18 Å². The molecular weight excluding hydrogens is 373 g/mol. The van der Waals surface area contributed by atoms with Gasteiger partial charge in [0.05, 0.1) is 42.4 Å². The summed E-state index contributed by atoms with van der Waals surface area (Å²) in [6.45, 7) is 1.69. The van der Waals surface area contributed by atoms with Crippen molar-refractivity contribution >= 4 is 23.2 Å². The lowest BCUT2D eigenvalue weighted by Crippen LogP contribution is -2.14. The average molecular weight is 390 g/mol. The first-order chi connectivity index (χ1) is 13.0. The molecule has 0 fully saturated rings. The van der Waals surface area contributed by atoms with E-state index in [0.29, 0.717) is 33.5 Å². The second-order valence-corrected chi connectivity index (χ2v) is 6.06. The second-order valence-electron chi connectivity index (χ2n) is 5.65. The third kappa shape index (κ3) is 3.59. The number of nitrogens with one attached hydrogen (secondary N) is 1. The molecule has 0 aliphatic rings. The van der Waals surface area contributed by atoms with Crippen LogP contribution in [0.3, 0.4) is 0 Å². The molecule has 3 rings (SSSR count). The Bertz CT molecular complexity index is 1000. The quantitative estimate of drug-likeness (QED) is 0.708. The topological polar surface area (TPSA) is 65.4 Å². The molecule has 0 saturated carbocycles. The van der Waals surface area contributed by atoms with Gasteiger partial charge >= 0.3 is 0 Å². The first-order valence-electron chi connectivity index (χ1n) is 7.98. The molecule has 0 atom stereocenters. The molecular formula is C19H17ClFN3O3. The first-order valence-corrected chi connectivity index (χ1v) is 8.36. The van der Waals surface area contributed by atoms with Gasteiger partial charge in [0.2, 0.25) is 0 Å². The molecule has 0 unspecified atom stereocenters. The zero-order chi connectivity index (χ0) is 19.6. The molecule has 6 nitrogen and oxygen atoms in total. The highest BCUT2D eigenvalue weighted by atomic mass is 35.5. The van der Waals surface area contributed by atoms with Crippen LogP contribution in [0.15, 0.2) is 42.6 Å². The molecule has 1 aromatic heterocycles. The summed E-state index contributed by atoms with van der Waals surface area (Å²) in [7, 11) is 2.96. The van der Waals surface area contributed by atoms with Crippen LogP contribution in [0.4, 0.5) is 10.1 Å². The largest absolute Gasteiger partial charge is 0.495 e. The molecule has 8 heteroatoms. The Morgan fingerprint density at radius 1 is 1.19 bits per heavy atom. The molecule has 0 radical (unpaired) electrons. The summed E-state index contributed by atoms with van der Waals surface area (Å²) in [5.41, 5.74) is 1.44. The fourth-order valence-corrected chi connectivity index (χ4v) is 2.89. The molecule has 3 aromatic rings. The highest BCUT2D eigenvalue weighted by Gasteiger charge is 2.19. The van der Waals surface area contributed by atoms with E-state index in [-0.39, 0.29) is 5.69 Å². The number of amides is 1. The van der Waals surface area contributed by atoms with Crippen LogP contribution >= 0.6 is 11.6 Å². The SMILES string of the molecule is COc1cc(OC)c(NC(=O)c2cnn(-c3ccccc3F)c2C)cc1Cl. The fourth-order valence-electron chi connectivity index (χ4n) is 2.65. The highest BCUT2D eigenvalue weighted by Crippen LogP contribution is 2.36. The Balaban J connectivity index is 1.92. The van der Waals surface area contributed by atoms with Crippen molar-refractivity contribution in [1.82, 2.24) is 9.78 Å². The second kappa shape index (κ2) is 7.67. The third-order valence-electron chi connectivity index (χ3n) is 4.06. The van der Waals surface area contributed by atoms with Gasteiger partial charge in [-0.1, -0.05) is 23.7 Å². The summed E-state index contributed by atoms with van der Waals surface area (Å²) in [4.78, 5) is 12.7. The monoisotopic (exact) mass is 389 g/mol.